The zero-order chi connectivity index (χ0) is 19.1. The van der Waals surface area contributed by atoms with Crippen molar-refractivity contribution in [3.63, 3.8) is 0 Å². The first-order valence-corrected chi connectivity index (χ1v) is 10.6. The Morgan fingerprint density at radius 2 is 1.61 bits per heavy atom. The number of fused-ring (bicyclic) bond motifs is 2. The molecule has 3 aromatic carbocycles. The highest BCUT2D eigenvalue weighted by Crippen LogP contribution is 2.33. The van der Waals surface area contributed by atoms with E-state index in [0.29, 0.717) is 0 Å². The van der Waals surface area contributed by atoms with Crippen LogP contribution in [-0.2, 0) is 13.5 Å². The molecule has 0 bridgehead atoms. The number of hydrogen-bond acceptors (Lipinski definition) is 0. The van der Waals surface area contributed by atoms with Crippen molar-refractivity contribution in [1.82, 2.24) is 0 Å². The lowest BCUT2D eigenvalue weighted by atomic mass is 9.93. The van der Waals surface area contributed by atoms with Gasteiger partial charge in [0.25, 0.3) is 0 Å². The van der Waals surface area contributed by atoms with Crippen LogP contribution in [-0.4, -0.2) is 0 Å². The predicted octanol–water partition coefficient (Wildman–Crippen LogP) is 6.53. The monoisotopic (exact) mass is 366 g/mol. The van der Waals surface area contributed by atoms with E-state index in [1.165, 1.54) is 76.0 Å². The van der Waals surface area contributed by atoms with Crippen LogP contribution < -0.4 is 4.57 Å². The second kappa shape index (κ2) is 7.05. The minimum absolute atomic E-state index is 0.888. The van der Waals surface area contributed by atoms with Gasteiger partial charge in [-0.1, -0.05) is 68.1 Å². The van der Waals surface area contributed by atoms with E-state index >= 15 is 0 Å². The zero-order valence-corrected chi connectivity index (χ0v) is 16.9. The van der Waals surface area contributed by atoms with Gasteiger partial charge in [0, 0.05) is 6.07 Å². The predicted molar refractivity (Wildman–Crippen MR) is 118 cm³/mol. The molecule has 0 amide bonds. The minimum atomic E-state index is 0.888. The standard InChI is InChI=1S/C27H28N/c1-19-15-22-9-5-6-10-23(22)18-26(19)27-25-12-11-21(16-20-7-3-4-8-20)17-24(25)13-14-28(27)2/h5-6,9-15,17-18,20H,3-4,7-8,16H2,1-2H3/q+1. The third-order valence-electron chi connectivity index (χ3n) is 6.55. The molecule has 1 heterocycles. The Bertz CT molecular complexity index is 1170. The van der Waals surface area contributed by atoms with Crippen molar-refractivity contribution < 1.29 is 4.57 Å². The highest BCUT2D eigenvalue weighted by atomic mass is 14.9. The van der Waals surface area contributed by atoms with Crippen molar-refractivity contribution >= 4 is 21.5 Å². The Kier molecular flexibility index (Phi) is 4.39. The second-order valence-corrected chi connectivity index (χ2v) is 8.57. The van der Waals surface area contributed by atoms with Gasteiger partial charge in [0.2, 0.25) is 5.69 Å². The molecule has 1 saturated carbocycles. The highest BCUT2D eigenvalue weighted by molar-refractivity contribution is 5.97. The summed E-state index contributed by atoms with van der Waals surface area (Å²) in [4.78, 5) is 0. The summed E-state index contributed by atoms with van der Waals surface area (Å²) in [5, 5.41) is 5.32. The first-order valence-electron chi connectivity index (χ1n) is 10.6. The quantitative estimate of drug-likeness (QED) is 0.363. The van der Waals surface area contributed by atoms with Gasteiger partial charge >= 0.3 is 0 Å². The van der Waals surface area contributed by atoms with Gasteiger partial charge in [-0.15, -0.1) is 0 Å². The Balaban J connectivity index is 1.64. The SMILES string of the molecule is Cc1cc2ccccc2cc1-c1c2ccc(CC3CCCC3)cc2cc[n+]1C. The lowest BCUT2D eigenvalue weighted by Gasteiger charge is -2.12. The van der Waals surface area contributed by atoms with Gasteiger partial charge in [-0.2, -0.15) is 0 Å². The Morgan fingerprint density at radius 1 is 0.857 bits per heavy atom. The Hall–Kier alpha value is -2.67. The molecule has 0 saturated heterocycles. The molecule has 1 heteroatoms. The van der Waals surface area contributed by atoms with Crippen molar-refractivity contribution in [2.24, 2.45) is 13.0 Å². The number of nitrogens with zero attached hydrogens (tertiary/aromatic N) is 1. The van der Waals surface area contributed by atoms with Crippen molar-refractivity contribution in [2.75, 3.05) is 0 Å². The smallest absolute Gasteiger partial charge is 0.200 e. The molecular weight excluding hydrogens is 338 g/mol. The van der Waals surface area contributed by atoms with Crippen LogP contribution in [0.15, 0.2) is 66.9 Å². The molecule has 1 nitrogen and oxygen atoms in total. The molecule has 140 valence electrons. The summed E-state index contributed by atoms with van der Waals surface area (Å²) < 4.78 is 2.27. The average Bonchev–Trinajstić information content (AvgIpc) is 3.21. The van der Waals surface area contributed by atoms with Crippen LogP contribution in [0.25, 0.3) is 32.8 Å². The number of aryl methyl sites for hydroxylation is 2. The number of benzene rings is 3. The zero-order valence-electron chi connectivity index (χ0n) is 16.9. The number of rotatable bonds is 3. The fourth-order valence-corrected chi connectivity index (χ4v) is 5.04. The molecule has 0 unspecified atom stereocenters. The number of aromatic nitrogens is 1. The van der Waals surface area contributed by atoms with Crippen molar-refractivity contribution in [3.05, 3.63) is 78.0 Å². The molecule has 0 atom stereocenters. The maximum Gasteiger partial charge on any atom is 0.220 e. The van der Waals surface area contributed by atoms with Gasteiger partial charge in [-0.25, -0.2) is 4.57 Å². The topological polar surface area (TPSA) is 3.88 Å². The van der Waals surface area contributed by atoms with Gasteiger partial charge in [0.15, 0.2) is 6.20 Å². The van der Waals surface area contributed by atoms with Gasteiger partial charge in [0.1, 0.15) is 7.05 Å². The molecule has 4 aromatic rings. The van der Waals surface area contributed by atoms with Crippen molar-refractivity contribution in [3.8, 4) is 11.3 Å². The molecule has 1 fully saturated rings. The molecule has 0 spiro atoms. The van der Waals surface area contributed by atoms with E-state index in [1.807, 2.05) is 0 Å². The molecule has 1 aromatic heterocycles. The van der Waals surface area contributed by atoms with Crippen LogP contribution in [0.3, 0.4) is 0 Å². The molecule has 5 rings (SSSR count). The summed E-state index contributed by atoms with van der Waals surface area (Å²) in [7, 11) is 2.16. The average molecular weight is 367 g/mol. The lowest BCUT2D eigenvalue weighted by Crippen LogP contribution is -2.30. The second-order valence-electron chi connectivity index (χ2n) is 8.57. The first-order chi connectivity index (χ1) is 13.7. The van der Waals surface area contributed by atoms with Crippen LogP contribution in [0, 0.1) is 12.8 Å². The fourth-order valence-electron chi connectivity index (χ4n) is 5.04. The third-order valence-corrected chi connectivity index (χ3v) is 6.55. The Morgan fingerprint density at radius 3 is 2.39 bits per heavy atom. The fraction of sp³-hybridized carbons (Fsp3) is 0.296. The molecular formula is C27H28N+. The van der Waals surface area contributed by atoms with Gasteiger partial charge < -0.3 is 0 Å². The largest absolute Gasteiger partial charge is 0.220 e. The maximum absolute atomic E-state index is 2.42. The summed E-state index contributed by atoms with van der Waals surface area (Å²) in [5.74, 6) is 0.888. The molecule has 0 aliphatic heterocycles. The van der Waals surface area contributed by atoms with E-state index < -0.39 is 0 Å². The van der Waals surface area contributed by atoms with Crippen molar-refractivity contribution in [2.45, 2.75) is 39.0 Å². The Labute approximate surface area is 167 Å². The highest BCUT2D eigenvalue weighted by Gasteiger charge is 2.19. The minimum Gasteiger partial charge on any atom is -0.200 e. The van der Waals surface area contributed by atoms with Crippen LogP contribution in [0.5, 0.6) is 0 Å². The molecule has 28 heavy (non-hydrogen) atoms. The summed E-state index contributed by atoms with van der Waals surface area (Å²) in [6, 6.07) is 22.7. The summed E-state index contributed by atoms with van der Waals surface area (Å²) in [6.07, 6.45) is 9.10. The molecule has 1 aliphatic rings. The van der Waals surface area contributed by atoms with E-state index in [1.54, 1.807) is 0 Å². The van der Waals surface area contributed by atoms with Crippen LogP contribution in [0.2, 0.25) is 0 Å². The van der Waals surface area contributed by atoms with E-state index in [-0.39, 0.29) is 0 Å². The van der Waals surface area contributed by atoms with Crippen molar-refractivity contribution in [1.29, 1.82) is 0 Å². The van der Waals surface area contributed by atoms with E-state index in [0.717, 1.165) is 5.92 Å². The van der Waals surface area contributed by atoms with Crippen LogP contribution >= 0.6 is 0 Å². The summed E-state index contributed by atoms with van der Waals surface area (Å²) >= 11 is 0. The molecule has 1 aliphatic carbocycles. The van der Waals surface area contributed by atoms with Gasteiger partial charge in [0.05, 0.1) is 10.9 Å². The van der Waals surface area contributed by atoms with E-state index in [2.05, 4.69) is 85.4 Å². The molecule has 0 radical (unpaired) electrons. The third kappa shape index (κ3) is 3.09. The van der Waals surface area contributed by atoms with E-state index in [9.17, 15) is 0 Å². The normalized spacial score (nSPS) is 14.9. The van der Waals surface area contributed by atoms with Crippen LogP contribution in [0.1, 0.15) is 36.8 Å². The summed E-state index contributed by atoms with van der Waals surface area (Å²) in [6.45, 7) is 2.23. The van der Waals surface area contributed by atoms with Gasteiger partial charge in [-0.05, 0) is 58.7 Å². The van der Waals surface area contributed by atoms with Crippen LogP contribution in [0.4, 0.5) is 0 Å². The number of pyridine rings is 1. The lowest BCUT2D eigenvalue weighted by molar-refractivity contribution is -0.659. The van der Waals surface area contributed by atoms with E-state index in [4.69, 9.17) is 0 Å². The summed E-state index contributed by atoms with van der Waals surface area (Å²) in [5.41, 5.74) is 5.47. The maximum atomic E-state index is 2.42. The van der Waals surface area contributed by atoms with Gasteiger partial charge in [-0.3, -0.25) is 0 Å². The molecule has 0 N–H and O–H groups in total. The first kappa shape index (κ1) is 17.4. The number of hydrogen-bond donors (Lipinski definition) is 0.